The molecule has 0 unspecified atom stereocenters. The first-order chi connectivity index (χ1) is 14.2. The average Bonchev–Trinajstić information content (AvgIpc) is 3.12. The number of unbranched alkanes of at least 4 members (excludes halogenated alkanes) is 1. The molecule has 0 spiro atoms. The fourth-order valence-corrected chi connectivity index (χ4v) is 5.57. The van der Waals surface area contributed by atoms with Crippen molar-refractivity contribution in [2.75, 3.05) is 18.5 Å². The van der Waals surface area contributed by atoms with E-state index in [1.165, 1.54) is 24.3 Å². The average molecular weight is 426 g/mol. The van der Waals surface area contributed by atoms with Gasteiger partial charge in [0.25, 0.3) is 0 Å². The van der Waals surface area contributed by atoms with Crippen LogP contribution in [0.1, 0.15) is 39.3 Å². The Kier molecular flexibility index (Phi) is 7.01. The van der Waals surface area contributed by atoms with E-state index in [9.17, 15) is 5.11 Å². The molecule has 1 aromatic carbocycles. The Bertz CT molecular complexity index is 959. The van der Waals surface area contributed by atoms with Crippen molar-refractivity contribution < 1.29 is 9.53 Å². The van der Waals surface area contributed by atoms with Crippen molar-refractivity contribution in [3.05, 3.63) is 54.5 Å². The molecule has 2 aromatic heterocycles. The van der Waals surface area contributed by atoms with E-state index in [4.69, 9.17) is 4.43 Å². The van der Waals surface area contributed by atoms with Crippen LogP contribution < -0.4 is 5.32 Å². The van der Waals surface area contributed by atoms with Crippen molar-refractivity contribution in [3.63, 3.8) is 0 Å². The Morgan fingerprint density at radius 1 is 1.17 bits per heavy atom. The highest BCUT2D eigenvalue weighted by molar-refractivity contribution is 6.71. The summed E-state index contributed by atoms with van der Waals surface area (Å²) in [6, 6.07) is 13.6. The molecule has 0 aliphatic rings. The highest BCUT2D eigenvalue weighted by Gasteiger charge is 2.21. The number of nitrogens with one attached hydrogen (secondary N) is 1. The highest BCUT2D eigenvalue weighted by Crippen LogP contribution is 2.25. The number of aliphatic hydroxyl groups is 1. The number of hydrogen-bond acceptors (Lipinski definition) is 4. The largest absolute Gasteiger partial charge is 0.416 e. The van der Waals surface area contributed by atoms with Gasteiger partial charge in [-0.25, -0.2) is 0 Å². The van der Waals surface area contributed by atoms with Gasteiger partial charge in [-0.15, -0.1) is 0 Å². The van der Waals surface area contributed by atoms with Crippen LogP contribution in [0.15, 0.2) is 48.8 Å². The number of anilines is 1. The van der Waals surface area contributed by atoms with Gasteiger partial charge in [0.1, 0.15) is 5.60 Å². The van der Waals surface area contributed by atoms with E-state index < -0.39 is 13.9 Å². The van der Waals surface area contributed by atoms with Gasteiger partial charge >= 0.3 is 0 Å². The minimum Gasteiger partial charge on any atom is -0.416 e. The molecule has 0 saturated carbocycles. The minimum absolute atomic E-state index is 0.664. The van der Waals surface area contributed by atoms with Crippen molar-refractivity contribution in [1.82, 2.24) is 9.55 Å². The lowest BCUT2D eigenvalue weighted by Gasteiger charge is -2.22. The predicted molar refractivity (Wildman–Crippen MR) is 128 cm³/mol. The molecule has 3 aromatic rings. The third-order valence-electron chi connectivity index (χ3n) is 5.40. The number of hydrogen-bond donors (Lipinski definition) is 2. The molecule has 30 heavy (non-hydrogen) atoms. The van der Waals surface area contributed by atoms with Gasteiger partial charge < -0.3 is 19.4 Å². The van der Waals surface area contributed by atoms with E-state index in [-0.39, 0.29) is 0 Å². The maximum absolute atomic E-state index is 10.1. The number of aromatic nitrogens is 2. The van der Waals surface area contributed by atoms with Crippen LogP contribution in [0.4, 0.5) is 5.69 Å². The third kappa shape index (κ3) is 5.71. The zero-order valence-electron chi connectivity index (χ0n) is 18.9. The van der Waals surface area contributed by atoms with Crippen molar-refractivity contribution in [2.45, 2.75) is 58.4 Å². The molecule has 0 atom stereocenters. The molecule has 162 valence electrons. The van der Waals surface area contributed by atoms with Crippen LogP contribution in [0, 0.1) is 0 Å². The molecule has 0 fully saturated rings. The first kappa shape index (κ1) is 22.5. The van der Waals surface area contributed by atoms with Gasteiger partial charge in [-0.2, -0.15) is 0 Å². The van der Waals surface area contributed by atoms with Crippen LogP contribution in [0.3, 0.4) is 0 Å². The van der Waals surface area contributed by atoms with E-state index in [1.54, 1.807) is 20.0 Å². The Hall–Kier alpha value is -2.15. The van der Waals surface area contributed by atoms with E-state index in [0.717, 1.165) is 30.0 Å². The molecule has 2 heterocycles. The Labute approximate surface area is 181 Å². The van der Waals surface area contributed by atoms with E-state index in [2.05, 4.69) is 65.3 Å². The van der Waals surface area contributed by atoms with Crippen molar-refractivity contribution in [2.24, 2.45) is 0 Å². The molecule has 5 nitrogen and oxygen atoms in total. The van der Waals surface area contributed by atoms with Gasteiger partial charge in [-0.05, 0) is 69.4 Å². The molecule has 0 radical (unpaired) electrons. The van der Waals surface area contributed by atoms with Crippen molar-refractivity contribution in [3.8, 4) is 5.69 Å². The summed E-state index contributed by atoms with van der Waals surface area (Å²) in [7, 11) is -1.52. The number of rotatable bonds is 10. The molecule has 6 heteroatoms. The molecule has 0 aliphatic heterocycles. The number of benzene rings is 1. The minimum atomic E-state index is -1.52. The normalized spacial score (nSPS) is 12.5. The maximum atomic E-state index is 10.1. The Balaban J connectivity index is 1.63. The van der Waals surface area contributed by atoms with E-state index in [1.807, 2.05) is 12.1 Å². The first-order valence-electron chi connectivity index (χ1n) is 10.9. The van der Waals surface area contributed by atoms with Crippen LogP contribution in [0.25, 0.3) is 16.6 Å². The van der Waals surface area contributed by atoms with Crippen molar-refractivity contribution in [1.29, 1.82) is 0 Å². The van der Waals surface area contributed by atoms with E-state index >= 15 is 0 Å². The standard InChI is InChI=1S/C24H35N3O2Si/c1-6-7-16-30(4,5)29-15-13-25-20-8-10-22-19(17-20)12-14-27(22)21-9-11-23(26-18-21)24(2,3)28/h8-12,14,17-18,25,28H,6-7,13,15-16H2,1-5H3. The molecule has 2 N–H and O–H groups in total. The summed E-state index contributed by atoms with van der Waals surface area (Å²) in [5.74, 6) is 0. The molecule has 3 rings (SSSR count). The zero-order valence-corrected chi connectivity index (χ0v) is 19.9. The van der Waals surface area contributed by atoms with Crippen LogP contribution in [-0.2, 0) is 10.0 Å². The van der Waals surface area contributed by atoms with Crippen LogP contribution >= 0.6 is 0 Å². The first-order valence-corrected chi connectivity index (χ1v) is 14.0. The van der Waals surface area contributed by atoms with Gasteiger partial charge in [0.05, 0.1) is 29.7 Å². The fourth-order valence-electron chi connectivity index (χ4n) is 3.57. The summed E-state index contributed by atoms with van der Waals surface area (Å²) in [5.41, 5.74) is 2.94. The Morgan fingerprint density at radius 2 is 1.97 bits per heavy atom. The van der Waals surface area contributed by atoms with Gasteiger partial charge in [-0.1, -0.05) is 19.8 Å². The summed E-state index contributed by atoms with van der Waals surface area (Å²) < 4.78 is 8.30. The topological polar surface area (TPSA) is 59.3 Å². The molecular weight excluding hydrogens is 390 g/mol. The molecular formula is C24H35N3O2Si. The van der Waals surface area contributed by atoms with Gasteiger partial charge in [0, 0.05) is 23.8 Å². The zero-order chi connectivity index (χ0) is 21.8. The molecule has 0 bridgehead atoms. The SMILES string of the molecule is CCCC[Si](C)(C)OCCNc1ccc2c(ccn2-c2ccc(C(C)(C)O)nc2)c1. The molecule has 0 saturated heterocycles. The molecule has 0 aliphatic carbocycles. The number of nitrogens with zero attached hydrogens (tertiary/aromatic N) is 2. The van der Waals surface area contributed by atoms with Crippen LogP contribution in [0.5, 0.6) is 0 Å². The monoisotopic (exact) mass is 425 g/mol. The van der Waals surface area contributed by atoms with Gasteiger partial charge in [0.2, 0.25) is 0 Å². The lowest BCUT2D eigenvalue weighted by Crippen LogP contribution is -2.32. The summed E-state index contributed by atoms with van der Waals surface area (Å²) in [6.45, 7) is 11.9. The van der Waals surface area contributed by atoms with Gasteiger partial charge in [-0.3, -0.25) is 4.98 Å². The quantitative estimate of drug-likeness (QED) is 0.324. The fraction of sp³-hybridized carbons (Fsp3) is 0.458. The van der Waals surface area contributed by atoms with Crippen LogP contribution in [0.2, 0.25) is 19.1 Å². The van der Waals surface area contributed by atoms with Crippen molar-refractivity contribution >= 4 is 24.9 Å². The third-order valence-corrected chi connectivity index (χ3v) is 7.94. The second kappa shape index (κ2) is 9.33. The second-order valence-corrected chi connectivity index (χ2v) is 13.4. The summed E-state index contributed by atoms with van der Waals surface area (Å²) in [4.78, 5) is 4.42. The molecule has 0 amide bonds. The summed E-state index contributed by atoms with van der Waals surface area (Å²) >= 11 is 0. The summed E-state index contributed by atoms with van der Waals surface area (Å²) in [5, 5.41) is 14.8. The smallest absolute Gasteiger partial charge is 0.186 e. The maximum Gasteiger partial charge on any atom is 0.186 e. The van der Waals surface area contributed by atoms with E-state index in [0.29, 0.717) is 5.69 Å². The summed E-state index contributed by atoms with van der Waals surface area (Å²) in [6.07, 6.45) is 6.36. The highest BCUT2D eigenvalue weighted by atomic mass is 28.4. The Morgan fingerprint density at radius 3 is 2.63 bits per heavy atom. The number of fused-ring (bicyclic) bond motifs is 1. The number of pyridine rings is 1. The van der Waals surface area contributed by atoms with Crippen LogP contribution in [-0.4, -0.2) is 36.1 Å². The lowest BCUT2D eigenvalue weighted by atomic mass is 10.1. The van der Waals surface area contributed by atoms with Gasteiger partial charge in [0.15, 0.2) is 8.32 Å². The second-order valence-electron chi connectivity index (χ2n) is 9.06. The predicted octanol–water partition coefficient (Wildman–Crippen LogP) is 5.69. The lowest BCUT2D eigenvalue weighted by molar-refractivity contribution is 0.0738.